The Morgan fingerprint density at radius 2 is 1.90 bits per heavy atom. The van der Waals surface area contributed by atoms with Gasteiger partial charge in [0.25, 0.3) is 5.91 Å². The number of amides is 2. The van der Waals surface area contributed by atoms with Crippen LogP contribution in [0.1, 0.15) is 70.8 Å². The first-order valence-corrected chi connectivity index (χ1v) is 11.2. The van der Waals surface area contributed by atoms with Gasteiger partial charge in [-0.3, -0.25) is 14.6 Å². The van der Waals surface area contributed by atoms with Crippen molar-refractivity contribution in [3.63, 3.8) is 0 Å². The SMILES string of the molecule is CC(C)NC(=O)[C@@H](C)[C@H]1CC[C@]2(C)CC[C@H](NC(=O)c3cnccn3)[C@H](C)[C@@H]2[C@H]1O. The summed E-state index contributed by atoms with van der Waals surface area (Å²) in [6.45, 7) is 10.2. The second kappa shape index (κ2) is 9.00. The van der Waals surface area contributed by atoms with Crippen molar-refractivity contribution in [1.29, 1.82) is 0 Å². The molecular formula is C23H36N4O3. The van der Waals surface area contributed by atoms with E-state index in [0.717, 1.165) is 25.7 Å². The maximum atomic E-state index is 12.6. The molecule has 0 aliphatic heterocycles. The molecule has 0 unspecified atom stereocenters. The van der Waals surface area contributed by atoms with E-state index in [1.54, 1.807) is 6.20 Å². The summed E-state index contributed by atoms with van der Waals surface area (Å²) in [5.41, 5.74) is 0.330. The first-order valence-electron chi connectivity index (χ1n) is 11.2. The van der Waals surface area contributed by atoms with E-state index >= 15 is 0 Å². The summed E-state index contributed by atoms with van der Waals surface area (Å²) in [6.07, 6.45) is 7.62. The van der Waals surface area contributed by atoms with Crippen molar-refractivity contribution in [2.45, 2.75) is 78.5 Å². The van der Waals surface area contributed by atoms with E-state index in [2.05, 4.69) is 34.4 Å². The largest absolute Gasteiger partial charge is 0.392 e. The maximum Gasteiger partial charge on any atom is 0.271 e. The molecule has 2 aliphatic rings. The summed E-state index contributed by atoms with van der Waals surface area (Å²) >= 11 is 0. The van der Waals surface area contributed by atoms with Crippen LogP contribution in [0.4, 0.5) is 0 Å². The average Bonchev–Trinajstić information content (AvgIpc) is 2.70. The molecule has 1 aromatic rings. The Balaban J connectivity index is 1.74. The molecule has 0 aromatic carbocycles. The van der Waals surface area contributed by atoms with E-state index in [-0.39, 0.29) is 53.0 Å². The summed E-state index contributed by atoms with van der Waals surface area (Å²) in [5, 5.41) is 17.5. The molecule has 7 nitrogen and oxygen atoms in total. The van der Waals surface area contributed by atoms with Gasteiger partial charge in [0.15, 0.2) is 0 Å². The van der Waals surface area contributed by atoms with Gasteiger partial charge in [-0.05, 0) is 62.7 Å². The third-order valence-corrected chi connectivity index (χ3v) is 7.49. The first kappa shape index (κ1) is 22.7. The summed E-state index contributed by atoms with van der Waals surface area (Å²) in [4.78, 5) is 33.3. The second-order valence-corrected chi connectivity index (χ2v) is 9.89. The van der Waals surface area contributed by atoms with E-state index in [9.17, 15) is 14.7 Å². The first-order chi connectivity index (χ1) is 14.1. The molecule has 2 fully saturated rings. The van der Waals surface area contributed by atoms with Crippen LogP contribution in [-0.4, -0.2) is 45.1 Å². The Morgan fingerprint density at radius 3 is 2.53 bits per heavy atom. The number of aromatic nitrogens is 2. The van der Waals surface area contributed by atoms with Crippen LogP contribution in [0.15, 0.2) is 18.6 Å². The molecule has 2 amide bonds. The van der Waals surface area contributed by atoms with Gasteiger partial charge in [0.2, 0.25) is 5.91 Å². The fraction of sp³-hybridized carbons (Fsp3) is 0.739. The van der Waals surface area contributed by atoms with Gasteiger partial charge >= 0.3 is 0 Å². The number of hydrogen-bond donors (Lipinski definition) is 3. The molecule has 3 rings (SSSR count). The van der Waals surface area contributed by atoms with Crippen LogP contribution in [0, 0.1) is 29.1 Å². The van der Waals surface area contributed by atoms with Crippen molar-refractivity contribution in [3.8, 4) is 0 Å². The number of carbonyl (C=O) groups is 2. The summed E-state index contributed by atoms with van der Waals surface area (Å²) in [6, 6.07) is 0.0472. The zero-order valence-corrected chi connectivity index (χ0v) is 18.8. The highest BCUT2D eigenvalue weighted by Gasteiger charge is 2.53. The van der Waals surface area contributed by atoms with Crippen LogP contribution < -0.4 is 10.6 Å². The number of nitrogens with zero attached hydrogens (tertiary/aromatic N) is 2. The highest BCUT2D eigenvalue weighted by molar-refractivity contribution is 5.92. The average molecular weight is 417 g/mol. The molecule has 7 atom stereocenters. The normalized spacial score (nSPS) is 34.7. The Labute approximate surface area is 179 Å². The molecule has 1 aromatic heterocycles. The van der Waals surface area contributed by atoms with Crippen LogP contribution in [0.2, 0.25) is 0 Å². The lowest BCUT2D eigenvalue weighted by Gasteiger charge is -2.56. The maximum absolute atomic E-state index is 12.6. The van der Waals surface area contributed by atoms with E-state index in [1.807, 2.05) is 20.8 Å². The fourth-order valence-electron chi connectivity index (χ4n) is 5.77. The van der Waals surface area contributed by atoms with Gasteiger partial charge in [0, 0.05) is 30.4 Å². The van der Waals surface area contributed by atoms with Crippen molar-refractivity contribution >= 4 is 11.8 Å². The van der Waals surface area contributed by atoms with E-state index in [1.165, 1.54) is 12.4 Å². The predicted molar refractivity (Wildman–Crippen MR) is 114 cm³/mol. The highest BCUT2D eigenvalue weighted by atomic mass is 16.3. The molecule has 166 valence electrons. The number of aliphatic hydroxyl groups is 1. The minimum atomic E-state index is -0.567. The van der Waals surface area contributed by atoms with Crippen LogP contribution in [0.5, 0.6) is 0 Å². The summed E-state index contributed by atoms with van der Waals surface area (Å²) < 4.78 is 0. The van der Waals surface area contributed by atoms with Crippen LogP contribution in [0.3, 0.4) is 0 Å². The molecule has 0 radical (unpaired) electrons. The molecular weight excluding hydrogens is 380 g/mol. The number of aliphatic hydroxyl groups excluding tert-OH is 1. The second-order valence-electron chi connectivity index (χ2n) is 9.89. The lowest BCUT2D eigenvalue weighted by atomic mass is 9.51. The Morgan fingerprint density at radius 1 is 1.20 bits per heavy atom. The molecule has 0 spiro atoms. The summed E-state index contributed by atoms with van der Waals surface area (Å²) in [7, 11) is 0. The number of fused-ring (bicyclic) bond motifs is 1. The van der Waals surface area contributed by atoms with Crippen molar-refractivity contribution < 1.29 is 14.7 Å². The lowest BCUT2D eigenvalue weighted by molar-refractivity contribution is -0.142. The zero-order valence-electron chi connectivity index (χ0n) is 18.8. The molecule has 30 heavy (non-hydrogen) atoms. The van der Waals surface area contributed by atoms with Gasteiger partial charge in [-0.1, -0.05) is 20.8 Å². The van der Waals surface area contributed by atoms with Crippen LogP contribution in [-0.2, 0) is 4.79 Å². The topological polar surface area (TPSA) is 104 Å². The monoisotopic (exact) mass is 416 g/mol. The van der Waals surface area contributed by atoms with Crippen LogP contribution in [0.25, 0.3) is 0 Å². The minimum absolute atomic E-state index is 0.00798. The van der Waals surface area contributed by atoms with Gasteiger partial charge in [-0.15, -0.1) is 0 Å². The lowest BCUT2D eigenvalue weighted by Crippen LogP contribution is -2.58. The van der Waals surface area contributed by atoms with Crippen molar-refractivity contribution in [1.82, 2.24) is 20.6 Å². The summed E-state index contributed by atoms with van der Waals surface area (Å²) in [5.74, 6) is -0.398. The molecule has 7 heteroatoms. The Bertz CT molecular complexity index is 756. The van der Waals surface area contributed by atoms with Gasteiger partial charge in [-0.2, -0.15) is 0 Å². The molecule has 1 heterocycles. The smallest absolute Gasteiger partial charge is 0.271 e. The Kier molecular flexibility index (Phi) is 6.80. The van der Waals surface area contributed by atoms with Crippen molar-refractivity contribution in [2.24, 2.45) is 29.1 Å². The predicted octanol–water partition coefficient (Wildman–Crippen LogP) is 2.56. The third kappa shape index (κ3) is 4.51. The fourth-order valence-corrected chi connectivity index (χ4v) is 5.77. The zero-order chi connectivity index (χ0) is 22.1. The molecule has 2 aliphatic carbocycles. The van der Waals surface area contributed by atoms with Crippen molar-refractivity contribution in [3.05, 3.63) is 24.3 Å². The molecule has 2 saturated carbocycles. The third-order valence-electron chi connectivity index (χ3n) is 7.49. The number of nitrogens with one attached hydrogen (secondary N) is 2. The van der Waals surface area contributed by atoms with E-state index in [4.69, 9.17) is 0 Å². The van der Waals surface area contributed by atoms with Crippen LogP contribution >= 0.6 is 0 Å². The standard InChI is InChI=1S/C23H36N4O3/c1-13(2)26-21(29)14(3)16-6-8-23(5)9-7-17(15(4)19(23)20(16)28)27-22(30)18-12-24-10-11-25-18/h10-17,19-20,28H,6-9H2,1-5H3,(H,26,29)(H,27,30)/t14-,15-,16+,17-,19+,20-,23+/m0/s1. The Hall–Kier alpha value is -2.02. The van der Waals surface area contributed by atoms with E-state index in [0.29, 0.717) is 5.69 Å². The van der Waals surface area contributed by atoms with E-state index < -0.39 is 6.10 Å². The van der Waals surface area contributed by atoms with Crippen molar-refractivity contribution in [2.75, 3.05) is 0 Å². The minimum Gasteiger partial charge on any atom is -0.392 e. The van der Waals surface area contributed by atoms with Gasteiger partial charge < -0.3 is 15.7 Å². The van der Waals surface area contributed by atoms with Gasteiger partial charge in [-0.25, -0.2) is 4.98 Å². The van der Waals surface area contributed by atoms with Gasteiger partial charge in [0.05, 0.1) is 12.3 Å². The molecule has 0 bridgehead atoms. The quantitative estimate of drug-likeness (QED) is 0.684. The number of carbonyl (C=O) groups excluding carboxylic acids is 2. The highest BCUT2D eigenvalue weighted by Crippen LogP contribution is 2.55. The molecule has 3 N–H and O–H groups in total. The number of rotatable bonds is 5. The molecule has 0 saturated heterocycles. The number of hydrogen-bond acceptors (Lipinski definition) is 5. The van der Waals surface area contributed by atoms with Gasteiger partial charge in [0.1, 0.15) is 5.69 Å².